The Morgan fingerprint density at radius 2 is 2.05 bits per heavy atom. The van der Waals surface area contributed by atoms with Gasteiger partial charge in [0.2, 0.25) is 11.8 Å². The maximum absolute atomic E-state index is 12.0. The minimum absolute atomic E-state index is 0. The monoisotopic (exact) mass is 333 g/mol. The van der Waals surface area contributed by atoms with Crippen molar-refractivity contribution in [3.63, 3.8) is 0 Å². The van der Waals surface area contributed by atoms with Gasteiger partial charge in [0.15, 0.2) is 0 Å². The number of hydrogen-bond acceptors (Lipinski definition) is 5. The van der Waals surface area contributed by atoms with Crippen LogP contribution in [0.25, 0.3) is 0 Å². The maximum atomic E-state index is 12.0. The summed E-state index contributed by atoms with van der Waals surface area (Å²) in [5, 5.41) is 5.34. The third kappa shape index (κ3) is 5.14. The van der Waals surface area contributed by atoms with Crippen molar-refractivity contribution in [1.82, 2.24) is 10.6 Å². The Hall–Kier alpha value is -1.34. The van der Waals surface area contributed by atoms with E-state index in [0.717, 1.165) is 12.8 Å². The van der Waals surface area contributed by atoms with Gasteiger partial charge in [-0.25, -0.2) is 4.79 Å². The molecule has 2 fully saturated rings. The minimum Gasteiger partial charge on any atom is -0.467 e. The van der Waals surface area contributed by atoms with Crippen LogP contribution in [0.1, 0.15) is 32.1 Å². The van der Waals surface area contributed by atoms with Crippen LogP contribution in [0.4, 0.5) is 0 Å². The summed E-state index contributed by atoms with van der Waals surface area (Å²) in [5.41, 5.74) is 5.84. The number of esters is 1. The van der Waals surface area contributed by atoms with Gasteiger partial charge in [-0.15, -0.1) is 12.4 Å². The molecule has 126 valence electrons. The lowest BCUT2D eigenvalue weighted by molar-refractivity contribution is -0.146. The summed E-state index contributed by atoms with van der Waals surface area (Å²) >= 11 is 0. The smallest absolute Gasteiger partial charge is 0.328 e. The average molecular weight is 334 g/mol. The van der Waals surface area contributed by atoms with Crippen LogP contribution in [0.5, 0.6) is 0 Å². The average Bonchev–Trinajstić information content (AvgIpc) is 3.19. The molecule has 2 rings (SSSR count). The molecule has 1 saturated heterocycles. The molecule has 1 heterocycles. The molecular weight excluding hydrogens is 310 g/mol. The molecule has 22 heavy (non-hydrogen) atoms. The molecule has 1 aliphatic carbocycles. The van der Waals surface area contributed by atoms with Crippen LogP contribution in [0.3, 0.4) is 0 Å². The lowest BCUT2D eigenvalue weighted by Gasteiger charge is -2.21. The SMILES string of the molecule is COC(=O)C(CC1CCNC1=O)NC(=O)C(N)CC1CC1.Cl. The van der Waals surface area contributed by atoms with E-state index in [2.05, 4.69) is 10.6 Å². The Morgan fingerprint density at radius 3 is 2.55 bits per heavy atom. The quantitative estimate of drug-likeness (QED) is 0.555. The highest BCUT2D eigenvalue weighted by atomic mass is 35.5. The summed E-state index contributed by atoms with van der Waals surface area (Å²) in [4.78, 5) is 35.4. The van der Waals surface area contributed by atoms with Gasteiger partial charge >= 0.3 is 5.97 Å². The summed E-state index contributed by atoms with van der Waals surface area (Å²) in [6.45, 7) is 0.604. The largest absolute Gasteiger partial charge is 0.467 e. The van der Waals surface area contributed by atoms with Crippen LogP contribution in [0.2, 0.25) is 0 Å². The minimum atomic E-state index is -0.818. The molecule has 0 aromatic carbocycles. The van der Waals surface area contributed by atoms with E-state index in [-0.39, 0.29) is 36.6 Å². The summed E-state index contributed by atoms with van der Waals surface area (Å²) in [6, 6.07) is -1.43. The summed E-state index contributed by atoms with van der Waals surface area (Å²) < 4.78 is 4.71. The number of methoxy groups -OCH3 is 1. The molecule has 0 radical (unpaired) electrons. The van der Waals surface area contributed by atoms with Crippen LogP contribution in [-0.2, 0) is 19.1 Å². The van der Waals surface area contributed by atoms with Gasteiger partial charge in [0.1, 0.15) is 6.04 Å². The molecule has 0 bridgehead atoms. The molecule has 7 nitrogen and oxygen atoms in total. The predicted octanol–water partition coefficient (Wildman–Crippen LogP) is -0.280. The third-order valence-electron chi connectivity index (χ3n) is 4.11. The van der Waals surface area contributed by atoms with E-state index < -0.39 is 18.1 Å². The molecule has 0 spiro atoms. The normalized spacial score (nSPS) is 23.0. The van der Waals surface area contributed by atoms with Crippen molar-refractivity contribution in [3.8, 4) is 0 Å². The zero-order chi connectivity index (χ0) is 15.4. The Morgan fingerprint density at radius 1 is 1.36 bits per heavy atom. The first-order chi connectivity index (χ1) is 10.0. The highest BCUT2D eigenvalue weighted by Crippen LogP contribution is 2.33. The van der Waals surface area contributed by atoms with Crippen LogP contribution in [0, 0.1) is 11.8 Å². The van der Waals surface area contributed by atoms with Gasteiger partial charge < -0.3 is 21.1 Å². The van der Waals surface area contributed by atoms with Crippen LogP contribution < -0.4 is 16.4 Å². The van der Waals surface area contributed by atoms with Crippen LogP contribution in [0.15, 0.2) is 0 Å². The van der Waals surface area contributed by atoms with E-state index in [0.29, 0.717) is 25.3 Å². The van der Waals surface area contributed by atoms with Gasteiger partial charge in [-0.2, -0.15) is 0 Å². The molecule has 1 saturated carbocycles. The third-order valence-corrected chi connectivity index (χ3v) is 4.11. The Kier molecular flexibility index (Phi) is 7.09. The lowest BCUT2D eigenvalue weighted by Crippen LogP contribution is -2.49. The van der Waals surface area contributed by atoms with Crippen LogP contribution >= 0.6 is 12.4 Å². The second-order valence-electron chi connectivity index (χ2n) is 5.88. The lowest BCUT2D eigenvalue weighted by atomic mass is 9.98. The summed E-state index contributed by atoms with van der Waals surface area (Å²) in [7, 11) is 1.26. The first-order valence-corrected chi connectivity index (χ1v) is 7.42. The van der Waals surface area contributed by atoms with E-state index in [1.165, 1.54) is 7.11 Å². The number of ether oxygens (including phenoxy) is 1. The van der Waals surface area contributed by atoms with E-state index in [1.807, 2.05) is 0 Å². The number of carbonyl (C=O) groups excluding carboxylic acids is 3. The molecule has 3 atom stereocenters. The van der Waals surface area contributed by atoms with Crippen molar-refractivity contribution in [2.24, 2.45) is 17.6 Å². The van der Waals surface area contributed by atoms with Crippen molar-refractivity contribution in [2.45, 2.75) is 44.2 Å². The number of carbonyl (C=O) groups is 3. The fourth-order valence-corrected chi connectivity index (χ4v) is 2.61. The molecule has 3 unspecified atom stereocenters. The van der Waals surface area contributed by atoms with Gasteiger partial charge in [0, 0.05) is 12.5 Å². The van der Waals surface area contributed by atoms with E-state index >= 15 is 0 Å². The zero-order valence-corrected chi connectivity index (χ0v) is 13.5. The second kappa shape index (κ2) is 8.33. The topological polar surface area (TPSA) is 111 Å². The zero-order valence-electron chi connectivity index (χ0n) is 12.7. The number of nitrogens with two attached hydrogens (primary N) is 1. The number of rotatable bonds is 7. The Bertz CT molecular complexity index is 428. The fraction of sp³-hybridized carbons (Fsp3) is 0.786. The molecule has 2 aliphatic rings. The van der Waals surface area contributed by atoms with Gasteiger partial charge in [-0.3, -0.25) is 9.59 Å². The Balaban J connectivity index is 0.00000242. The number of halogens is 1. The van der Waals surface area contributed by atoms with Gasteiger partial charge in [0.25, 0.3) is 0 Å². The summed E-state index contributed by atoms with van der Waals surface area (Å²) in [6.07, 6.45) is 3.79. The van der Waals surface area contributed by atoms with Crippen molar-refractivity contribution >= 4 is 30.2 Å². The molecule has 8 heteroatoms. The van der Waals surface area contributed by atoms with Crippen LogP contribution in [-0.4, -0.2) is 43.5 Å². The van der Waals surface area contributed by atoms with Gasteiger partial charge in [0.05, 0.1) is 13.2 Å². The predicted molar refractivity (Wildman–Crippen MR) is 82.2 cm³/mol. The molecule has 4 N–H and O–H groups in total. The van der Waals surface area contributed by atoms with E-state index in [9.17, 15) is 14.4 Å². The first kappa shape index (κ1) is 18.7. The standard InChI is InChI=1S/C14H23N3O4.ClH/c1-21-14(20)11(7-9-4-5-16-12(9)18)17-13(19)10(15)6-8-2-3-8;/h8-11H,2-7,15H2,1H3,(H,16,18)(H,17,19);1H. The first-order valence-electron chi connectivity index (χ1n) is 7.42. The summed E-state index contributed by atoms with van der Waals surface area (Å²) in [5.74, 6) is -0.713. The van der Waals surface area contributed by atoms with Crippen molar-refractivity contribution in [1.29, 1.82) is 0 Å². The number of amides is 2. The van der Waals surface area contributed by atoms with E-state index in [1.54, 1.807) is 0 Å². The second-order valence-corrected chi connectivity index (χ2v) is 5.88. The van der Waals surface area contributed by atoms with Crippen molar-refractivity contribution in [2.75, 3.05) is 13.7 Å². The van der Waals surface area contributed by atoms with Gasteiger partial charge in [-0.05, 0) is 25.2 Å². The number of hydrogen-bond donors (Lipinski definition) is 3. The van der Waals surface area contributed by atoms with Crippen molar-refractivity contribution in [3.05, 3.63) is 0 Å². The molecule has 1 aliphatic heterocycles. The molecule has 0 aromatic heterocycles. The molecule has 2 amide bonds. The molecular formula is C14H24ClN3O4. The highest BCUT2D eigenvalue weighted by Gasteiger charge is 2.33. The van der Waals surface area contributed by atoms with Crippen molar-refractivity contribution < 1.29 is 19.1 Å². The van der Waals surface area contributed by atoms with Gasteiger partial charge in [-0.1, -0.05) is 12.8 Å². The maximum Gasteiger partial charge on any atom is 0.328 e. The highest BCUT2D eigenvalue weighted by molar-refractivity contribution is 5.88. The number of nitrogens with one attached hydrogen (secondary N) is 2. The fourth-order valence-electron chi connectivity index (χ4n) is 2.61. The molecule has 0 aromatic rings. The van der Waals surface area contributed by atoms with E-state index in [4.69, 9.17) is 10.5 Å². The Labute approximate surface area is 136 Å².